The van der Waals surface area contributed by atoms with Gasteiger partial charge in [0.15, 0.2) is 5.96 Å². The molecule has 2 N–H and O–H groups in total. The molecule has 0 unspecified atom stereocenters. The lowest BCUT2D eigenvalue weighted by atomic mass is 10.1. The van der Waals surface area contributed by atoms with Gasteiger partial charge in [0, 0.05) is 43.5 Å². The van der Waals surface area contributed by atoms with E-state index in [1.54, 1.807) is 27.5 Å². The van der Waals surface area contributed by atoms with Gasteiger partial charge in [0.2, 0.25) is 0 Å². The van der Waals surface area contributed by atoms with Crippen LogP contribution in [0.25, 0.3) is 0 Å². The molecule has 0 aliphatic heterocycles. The molecule has 1 heterocycles. The lowest BCUT2D eigenvalue weighted by Gasteiger charge is -2.15. The third-order valence-corrected chi connectivity index (χ3v) is 3.96. The second kappa shape index (κ2) is 10.9. The Labute approximate surface area is 160 Å². The molecular weight excluding hydrogens is 344 g/mol. The maximum Gasteiger partial charge on any atom is 0.191 e. The fourth-order valence-electron chi connectivity index (χ4n) is 2.59. The number of benzene rings is 1. The van der Waals surface area contributed by atoms with Crippen LogP contribution in [0.1, 0.15) is 18.2 Å². The summed E-state index contributed by atoms with van der Waals surface area (Å²) in [5.74, 6) is 2.77. The average molecular weight is 372 g/mol. The largest absolute Gasteiger partial charge is 0.496 e. The van der Waals surface area contributed by atoms with Gasteiger partial charge in [-0.15, -0.1) is 0 Å². The molecule has 0 atom stereocenters. The topological polar surface area (TPSA) is 77.0 Å². The van der Waals surface area contributed by atoms with Gasteiger partial charge in [-0.2, -0.15) is 0 Å². The fraction of sp³-hybridized carbons (Fsp3) is 0.400. The Balaban J connectivity index is 2.09. The van der Waals surface area contributed by atoms with Gasteiger partial charge >= 0.3 is 0 Å². The van der Waals surface area contributed by atoms with Crippen LogP contribution in [0, 0.1) is 0 Å². The smallest absolute Gasteiger partial charge is 0.191 e. The Bertz CT molecular complexity index is 710. The SMILES string of the molecule is CCNC(=NCc1c(OC)cc(OC)cc1OC)NCCc1ccccn1. The van der Waals surface area contributed by atoms with E-state index in [2.05, 4.69) is 20.6 Å². The van der Waals surface area contributed by atoms with Crippen LogP contribution in [0.3, 0.4) is 0 Å². The molecule has 7 heteroatoms. The molecule has 2 aromatic rings. The average Bonchev–Trinajstić information content (AvgIpc) is 2.72. The highest BCUT2D eigenvalue weighted by Crippen LogP contribution is 2.34. The van der Waals surface area contributed by atoms with Crippen molar-refractivity contribution in [2.24, 2.45) is 4.99 Å². The van der Waals surface area contributed by atoms with Crippen molar-refractivity contribution in [2.75, 3.05) is 34.4 Å². The lowest BCUT2D eigenvalue weighted by molar-refractivity contribution is 0.369. The molecule has 1 aromatic carbocycles. The first-order valence-electron chi connectivity index (χ1n) is 8.92. The Morgan fingerprint density at radius 3 is 2.33 bits per heavy atom. The zero-order chi connectivity index (χ0) is 19.5. The molecule has 0 bridgehead atoms. The summed E-state index contributed by atoms with van der Waals surface area (Å²) in [5.41, 5.74) is 1.90. The number of aromatic nitrogens is 1. The van der Waals surface area contributed by atoms with E-state index in [1.165, 1.54) is 0 Å². The predicted octanol–water partition coefficient (Wildman–Crippen LogP) is 2.41. The molecule has 0 aliphatic carbocycles. The molecule has 0 radical (unpaired) electrons. The zero-order valence-corrected chi connectivity index (χ0v) is 16.4. The number of guanidine groups is 1. The monoisotopic (exact) mass is 372 g/mol. The fourth-order valence-corrected chi connectivity index (χ4v) is 2.59. The van der Waals surface area contributed by atoms with Gasteiger partial charge < -0.3 is 24.8 Å². The van der Waals surface area contributed by atoms with Gasteiger partial charge in [-0.3, -0.25) is 4.98 Å². The minimum Gasteiger partial charge on any atom is -0.496 e. The number of methoxy groups -OCH3 is 3. The highest BCUT2D eigenvalue weighted by Gasteiger charge is 2.13. The van der Waals surface area contributed by atoms with Crippen molar-refractivity contribution in [2.45, 2.75) is 19.9 Å². The van der Waals surface area contributed by atoms with Crippen LogP contribution in [0.15, 0.2) is 41.5 Å². The number of pyridine rings is 1. The standard InChI is InChI=1S/C20H28N4O3/c1-5-21-20(23-11-9-15-8-6-7-10-22-15)24-14-17-18(26-3)12-16(25-2)13-19(17)27-4/h6-8,10,12-13H,5,9,11,14H2,1-4H3,(H2,21,23,24). The van der Waals surface area contributed by atoms with Crippen LogP contribution in [0.5, 0.6) is 17.2 Å². The molecule has 0 aliphatic rings. The number of nitrogens with one attached hydrogen (secondary N) is 2. The zero-order valence-electron chi connectivity index (χ0n) is 16.4. The number of ether oxygens (including phenoxy) is 3. The highest BCUT2D eigenvalue weighted by molar-refractivity contribution is 5.79. The first-order valence-corrected chi connectivity index (χ1v) is 8.92. The molecule has 2 rings (SSSR count). The highest BCUT2D eigenvalue weighted by atomic mass is 16.5. The van der Waals surface area contributed by atoms with E-state index < -0.39 is 0 Å². The first-order chi connectivity index (χ1) is 13.2. The van der Waals surface area contributed by atoms with Gasteiger partial charge in [-0.05, 0) is 19.1 Å². The first kappa shape index (κ1) is 20.4. The summed E-state index contributed by atoms with van der Waals surface area (Å²) in [7, 11) is 4.86. The molecule has 0 saturated carbocycles. The summed E-state index contributed by atoms with van der Waals surface area (Å²) < 4.78 is 16.3. The van der Waals surface area contributed by atoms with Gasteiger partial charge in [-0.1, -0.05) is 6.07 Å². The Morgan fingerprint density at radius 1 is 1.04 bits per heavy atom. The third-order valence-electron chi connectivity index (χ3n) is 3.96. The van der Waals surface area contributed by atoms with Crippen LogP contribution >= 0.6 is 0 Å². The Morgan fingerprint density at radius 2 is 1.78 bits per heavy atom. The molecule has 146 valence electrons. The van der Waals surface area contributed by atoms with Crippen molar-refractivity contribution < 1.29 is 14.2 Å². The van der Waals surface area contributed by atoms with E-state index >= 15 is 0 Å². The molecule has 0 amide bonds. The van der Waals surface area contributed by atoms with E-state index in [9.17, 15) is 0 Å². The second-order valence-electron chi connectivity index (χ2n) is 5.70. The number of hydrogen-bond acceptors (Lipinski definition) is 5. The quantitative estimate of drug-likeness (QED) is 0.520. The number of hydrogen-bond donors (Lipinski definition) is 2. The van der Waals surface area contributed by atoms with E-state index in [4.69, 9.17) is 14.2 Å². The molecule has 0 fully saturated rings. The van der Waals surface area contributed by atoms with Crippen LogP contribution < -0.4 is 24.8 Å². The van der Waals surface area contributed by atoms with Crippen molar-refractivity contribution in [3.8, 4) is 17.2 Å². The van der Waals surface area contributed by atoms with Crippen molar-refractivity contribution in [3.63, 3.8) is 0 Å². The van der Waals surface area contributed by atoms with Gasteiger partial charge in [0.05, 0.1) is 33.4 Å². The molecule has 1 aromatic heterocycles. The molecule has 0 spiro atoms. The van der Waals surface area contributed by atoms with E-state index in [0.29, 0.717) is 23.8 Å². The molecular formula is C20H28N4O3. The van der Waals surface area contributed by atoms with Gasteiger partial charge in [-0.25, -0.2) is 4.99 Å². The Kier molecular flexibility index (Phi) is 8.22. The number of nitrogens with zero attached hydrogens (tertiary/aromatic N) is 2. The minimum atomic E-state index is 0.412. The molecule has 27 heavy (non-hydrogen) atoms. The van der Waals surface area contributed by atoms with Crippen LogP contribution in [0.4, 0.5) is 0 Å². The van der Waals surface area contributed by atoms with Crippen LogP contribution in [-0.4, -0.2) is 45.4 Å². The van der Waals surface area contributed by atoms with Crippen molar-refractivity contribution in [3.05, 3.63) is 47.8 Å². The van der Waals surface area contributed by atoms with Gasteiger partial charge in [0.25, 0.3) is 0 Å². The number of rotatable bonds is 9. The number of aliphatic imine (C=N–C) groups is 1. The summed E-state index contributed by atoms with van der Waals surface area (Å²) >= 11 is 0. The summed E-state index contributed by atoms with van der Waals surface area (Å²) in [6.07, 6.45) is 2.62. The normalized spacial score (nSPS) is 11.0. The van der Waals surface area contributed by atoms with Crippen LogP contribution in [0.2, 0.25) is 0 Å². The van der Waals surface area contributed by atoms with Crippen LogP contribution in [-0.2, 0) is 13.0 Å². The maximum absolute atomic E-state index is 5.48. The van der Waals surface area contributed by atoms with Crippen molar-refractivity contribution in [1.82, 2.24) is 15.6 Å². The molecule has 7 nitrogen and oxygen atoms in total. The predicted molar refractivity (Wildman–Crippen MR) is 107 cm³/mol. The van der Waals surface area contributed by atoms with E-state index in [-0.39, 0.29) is 0 Å². The van der Waals surface area contributed by atoms with E-state index in [1.807, 2.05) is 37.3 Å². The maximum atomic E-state index is 5.48. The second-order valence-corrected chi connectivity index (χ2v) is 5.70. The summed E-state index contributed by atoms with van der Waals surface area (Å²) in [4.78, 5) is 8.99. The Hall–Kier alpha value is -2.96. The summed E-state index contributed by atoms with van der Waals surface area (Å²) in [5, 5.41) is 6.58. The van der Waals surface area contributed by atoms with Gasteiger partial charge in [0.1, 0.15) is 17.2 Å². The molecule has 0 saturated heterocycles. The third kappa shape index (κ3) is 6.06. The summed E-state index contributed by atoms with van der Waals surface area (Å²) in [6, 6.07) is 9.57. The lowest BCUT2D eigenvalue weighted by Crippen LogP contribution is -2.38. The minimum absolute atomic E-state index is 0.412. The van der Waals surface area contributed by atoms with Crippen molar-refractivity contribution in [1.29, 1.82) is 0 Å². The summed E-state index contributed by atoms with van der Waals surface area (Å²) in [6.45, 7) is 3.95. The van der Waals surface area contributed by atoms with Crippen molar-refractivity contribution >= 4 is 5.96 Å². The van der Waals surface area contributed by atoms with E-state index in [0.717, 1.165) is 36.7 Å².